The Morgan fingerprint density at radius 2 is 1.86 bits per heavy atom. The molecule has 5 rings (SSSR count). The SMILES string of the molecule is O=C(Nc1cccc2ccccc12)N1CCC[C@H](c2nnc3ccccn23)C1. The third-order valence-corrected chi connectivity index (χ3v) is 5.45. The number of carbonyl (C=O) groups is 1. The second-order valence-electron chi connectivity index (χ2n) is 7.23. The van der Waals surface area contributed by atoms with Crippen molar-refractivity contribution >= 4 is 28.1 Å². The largest absolute Gasteiger partial charge is 0.324 e. The first-order chi connectivity index (χ1) is 13.8. The maximum atomic E-state index is 13.0. The van der Waals surface area contributed by atoms with Gasteiger partial charge in [-0.25, -0.2) is 4.79 Å². The van der Waals surface area contributed by atoms with Crippen molar-refractivity contribution in [1.82, 2.24) is 19.5 Å². The molecule has 28 heavy (non-hydrogen) atoms. The van der Waals surface area contributed by atoms with E-state index in [0.717, 1.165) is 47.3 Å². The summed E-state index contributed by atoms with van der Waals surface area (Å²) >= 11 is 0. The molecule has 0 unspecified atom stereocenters. The van der Waals surface area contributed by atoms with Gasteiger partial charge in [-0.15, -0.1) is 10.2 Å². The number of benzene rings is 2. The Balaban J connectivity index is 1.37. The number of aromatic nitrogens is 3. The van der Waals surface area contributed by atoms with Gasteiger partial charge in [0, 0.05) is 30.6 Å². The van der Waals surface area contributed by atoms with Gasteiger partial charge in [-0.1, -0.05) is 42.5 Å². The fraction of sp³-hybridized carbons (Fsp3) is 0.227. The highest BCUT2D eigenvalue weighted by Gasteiger charge is 2.28. The summed E-state index contributed by atoms with van der Waals surface area (Å²) in [5, 5.41) is 13.9. The fourth-order valence-corrected chi connectivity index (χ4v) is 4.04. The van der Waals surface area contributed by atoms with Gasteiger partial charge in [0.05, 0.1) is 5.69 Å². The summed E-state index contributed by atoms with van der Waals surface area (Å²) in [6, 6.07) is 19.9. The quantitative estimate of drug-likeness (QED) is 0.572. The number of anilines is 1. The van der Waals surface area contributed by atoms with Crippen LogP contribution in [0.5, 0.6) is 0 Å². The Hall–Kier alpha value is -3.41. The number of likely N-dealkylation sites (tertiary alicyclic amines) is 1. The predicted molar refractivity (Wildman–Crippen MR) is 110 cm³/mol. The van der Waals surface area contributed by atoms with Crippen molar-refractivity contribution in [3.8, 4) is 0 Å². The third kappa shape index (κ3) is 2.97. The van der Waals surface area contributed by atoms with Crippen molar-refractivity contribution in [2.45, 2.75) is 18.8 Å². The second kappa shape index (κ2) is 6.96. The molecule has 3 heterocycles. The molecule has 1 saturated heterocycles. The number of urea groups is 1. The molecule has 0 bridgehead atoms. The number of nitrogens with one attached hydrogen (secondary N) is 1. The van der Waals surface area contributed by atoms with E-state index in [4.69, 9.17) is 0 Å². The van der Waals surface area contributed by atoms with Crippen LogP contribution < -0.4 is 5.32 Å². The van der Waals surface area contributed by atoms with Gasteiger partial charge in [-0.2, -0.15) is 0 Å². The molecule has 1 N–H and O–H groups in total. The van der Waals surface area contributed by atoms with Crippen LogP contribution in [0.3, 0.4) is 0 Å². The predicted octanol–water partition coefficient (Wildman–Crippen LogP) is 4.29. The number of amides is 2. The van der Waals surface area contributed by atoms with Crippen LogP contribution in [-0.4, -0.2) is 38.6 Å². The monoisotopic (exact) mass is 371 g/mol. The van der Waals surface area contributed by atoms with Crippen LogP contribution in [0.1, 0.15) is 24.6 Å². The van der Waals surface area contributed by atoms with Gasteiger partial charge in [-0.3, -0.25) is 4.40 Å². The molecule has 6 nitrogen and oxygen atoms in total. The fourth-order valence-electron chi connectivity index (χ4n) is 4.04. The molecule has 0 radical (unpaired) electrons. The highest BCUT2D eigenvalue weighted by atomic mass is 16.2. The maximum Gasteiger partial charge on any atom is 0.321 e. The topological polar surface area (TPSA) is 62.5 Å². The maximum absolute atomic E-state index is 13.0. The number of pyridine rings is 1. The number of rotatable bonds is 2. The zero-order valence-corrected chi connectivity index (χ0v) is 15.5. The van der Waals surface area contributed by atoms with Crippen molar-refractivity contribution in [1.29, 1.82) is 0 Å². The summed E-state index contributed by atoms with van der Waals surface area (Å²) in [4.78, 5) is 14.9. The minimum atomic E-state index is -0.0603. The van der Waals surface area contributed by atoms with Gasteiger partial charge in [0.15, 0.2) is 5.65 Å². The lowest BCUT2D eigenvalue weighted by atomic mass is 9.97. The summed E-state index contributed by atoms with van der Waals surface area (Å²) in [5.41, 5.74) is 1.69. The van der Waals surface area contributed by atoms with Crippen molar-refractivity contribution in [3.63, 3.8) is 0 Å². The molecule has 1 aliphatic rings. The van der Waals surface area contributed by atoms with E-state index < -0.39 is 0 Å². The molecule has 140 valence electrons. The Morgan fingerprint density at radius 3 is 2.82 bits per heavy atom. The second-order valence-corrected chi connectivity index (χ2v) is 7.23. The summed E-state index contributed by atoms with van der Waals surface area (Å²) < 4.78 is 2.02. The van der Waals surface area contributed by atoms with Crippen LogP contribution in [0.15, 0.2) is 66.9 Å². The molecular formula is C22H21N5O. The van der Waals surface area contributed by atoms with E-state index in [1.807, 2.05) is 64.0 Å². The van der Waals surface area contributed by atoms with Crippen molar-refractivity contribution in [3.05, 3.63) is 72.7 Å². The molecular weight excluding hydrogens is 350 g/mol. The van der Waals surface area contributed by atoms with Gasteiger partial charge >= 0.3 is 6.03 Å². The highest BCUT2D eigenvalue weighted by Crippen LogP contribution is 2.28. The molecule has 2 amide bonds. The molecule has 0 aliphatic carbocycles. The summed E-state index contributed by atoms with van der Waals surface area (Å²) in [6.07, 6.45) is 3.95. The van der Waals surface area contributed by atoms with E-state index in [9.17, 15) is 4.79 Å². The number of nitrogens with zero attached hydrogens (tertiary/aromatic N) is 4. The Kier molecular flexibility index (Phi) is 4.16. The Morgan fingerprint density at radius 1 is 1.00 bits per heavy atom. The van der Waals surface area contributed by atoms with Crippen molar-refractivity contribution < 1.29 is 4.79 Å². The summed E-state index contributed by atoms with van der Waals surface area (Å²) in [5.74, 6) is 1.11. The number of hydrogen-bond donors (Lipinski definition) is 1. The standard InChI is InChI=1S/C22H21N5O/c28-22(23-19-11-5-8-16-7-1-2-10-18(16)19)26-13-6-9-17(15-26)21-25-24-20-12-3-4-14-27(20)21/h1-5,7-8,10-12,14,17H,6,9,13,15H2,(H,23,28)/t17-/m0/s1. The van der Waals surface area contributed by atoms with Crippen LogP contribution >= 0.6 is 0 Å². The highest BCUT2D eigenvalue weighted by molar-refractivity contribution is 6.01. The molecule has 1 atom stereocenters. The average Bonchev–Trinajstić information content (AvgIpc) is 3.18. The van der Waals surface area contributed by atoms with E-state index >= 15 is 0 Å². The molecule has 1 aliphatic heterocycles. The summed E-state index contributed by atoms with van der Waals surface area (Å²) in [7, 11) is 0. The third-order valence-electron chi connectivity index (χ3n) is 5.45. The van der Waals surface area contributed by atoms with Gasteiger partial charge in [0.1, 0.15) is 5.82 Å². The van der Waals surface area contributed by atoms with Gasteiger partial charge in [0.25, 0.3) is 0 Å². The Bertz CT molecular complexity index is 1150. The summed E-state index contributed by atoms with van der Waals surface area (Å²) in [6.45, 7) is 1.40. The molecule has 4 aromatic rings. The number of fused-ring (bicyclic) bond motifs is 2. The zero-order valence-electron chi connectivity index (χ0n) is 15.5. The van der Waals surface area contributed by atoms with E-state index in [1.165, 1.54) is 0 Å². The van der Waals surface area contributed by atoms with Crippen LogP contribution in [0.2, 0.25) is 0 Å². The lowest BCUT2D eigenvalue weighted by Gasteiger charge is -2.32. The first-order valence-electron chi connectivity index (χ1n) is 9.63. The first kappa shape index (κ1) is 16.7. The number of piperidine rings is 1. The Labute approximate surface area is 162 Å². The zero-order chi connectivity index (χ0) is 18.9. The normalized spacial score (nSPS) is 17.1. The minimum Gasteiger partial charge on any atom is -0.324 e. The number of hydrogen-bond acceptors (Lipinski definition) is 3. The van der Waals surface area contributed by atoms with Gasteiger partial charge in [0.2, 0.25) is 0 Å². The molecule has 0 saturated carbocycles. The molecule has 0 spiro atoms. The molecule has 2 aromatic heterocycles. The average molecular weight is 371 g/mol. The molecule has 2 aromatic carbocycles. The molecule has 6 heteroatoms. The smallest absolute Gasteiger partial charge is 0.321 e. The van der Waals surface area contributed by atoms with Gasteiger partial charge in [-0.05, 0) is 36.4 Å². The van der Waals surface area contributed by atoms with Crippen LogP contribution in [0, 0.1) is 0 Å². The lowest BCUT2D eigenvalue weighted by molar-refractivity contribution is 0.191. The van der Waals surface area contributed by atoms with Gasteiger partial charge < -0.3 is 10.2 Å². The first-order valence-corrected chi connectivity index (χ1v) is 9.63. The van der Waals surface area contributed by atoms with E-state index in [0.29, 0.717) is 6.54 Å². The number of carbonyl (C=O) groups excluding carboxylic acids is 1. The van der Waals surface area contributed by atoms with Crippen molar-refractivity contribution in [2.75, 3.05) is 18.4 Å². The van der Waals surface area contributed by atoms with Crippen molar-refractivity contribution in [2.24, 2.45) is 0 Å². The van der Waals surface area contributed by atoms with Crippen LogP contribution in [-0.2, 0) is 0 Å². The molecule has 1 fully saturated rings. The van der Waals surface area contributed by atoms with Crippen LogP contribution in [0.25, 0.3) is 16.4 Å². The minimum absolute atomic E-state index is 0.0603. The van der Waals surface area contributed by atoms with E-state index in [-0.39, 0.29) is 11.9 Å². The van der Waals surface area contributed by atoms with Crippen LogP contribution in [0.4, 0.5) is 10.5 Å². The lowest BCUT2D eigenvalue weighted by Crippen LogP contribution is -2.42. The van der Waals surface area contributed by atoms with E-state index in [2.05, 4.69) is 27.6 Å². The van der Waals surface area contributed by atoms with E-state index in [1.54, 1.807) is 0 Å².